The highest BCUT2D eigenvalue weighted by molar-refractivity contribution is 7.98. The Balaban J connectivity index is 2.82. The van der Waals surface area contributed by atoms with E-state index in [2.05, 4.69) is 4.98 Å². The summed E-state index contributed by atoms with van der Waals surface area (Å²) in [5, 5.41) is 9.53. The first-order valence-electron chi connectivity index (χ1n) is 4.98. The Morgan fingerprint density at radius 2 is 2.38 bits per heavy atom. The molecule has 1 amide bonds. The van der Waals surface area contributed by atoms with Crippen molar-refractivity contribution in [2.75, 3.05) is 19.1 Å². The number of nitrogens with zero attached hydrogens (tertiary/aromatic N) is 2. The summed E-state index contributed by atoms with van der Waals surface area (Å²) in [6.07, 6.45) is 3.49. The minimum Gasteiger partial charge on any atom is -0.505 e. The number of carbonyl (C=O) groups excluding carboxylic acids is 1. The molecule has 1 unspecified atom stereocenters. The maximum atomic E-state index is 12.0. The third kappa shape index (κ3) is 2.88. The van der Waals surface area contributed by atoms with Gasteiger partial charge in [-0.25, -0.2) is 4.98 Å². The van der Waals surface area contributed by atoms with Crippen LogP contribution in [-0.2, 0) is 0 Å². The molecule has 0 radical (unpaired) electrons. The van der Waals surface area contributed by atoms with E-state index in [-0.39, 0.29) is 23.4 Å². The van der Waals surface area contributed by atoms with Gasteiger partial charge in [-0.05, 0) is 25.3 Å². The highest BCUT2D eigenvalue weighted by Crippen LogP contribution is 2.16. The van der Waals surface area contributed by atoms with Gasteiger partial charge in [0.05, 0.1) is 0 Å². The van der Waals surface area contributed by atoms with Crippen molar-refractivity contribution in [3.63, 3.8) is 0 Å². The molecule has 88 valence electrons. The van der Waals surface area contributed by atoms with E-state index in [4.69, 9.17) is 0 Å². The molecule has 1 rings (SSSR count). The van der Waals surface area contributed by atoms with Crippen LogP contribution in [0.4, 0.5) is 0 Å². The second-order valence-corrected chi connectivity index (χ2v) is 4.50. The molecule has 1 atom stereocenters. The highest BCUT2D eigenvalue weighted by Gasteiger charge is 2.20. The van der Waals surface area contributed by atoms with Crippen LogP contribution in [0.25, 0.3) is 0 Å². The zero-order chi connectivity index (χ0) is 12.1. The van der Waals surface area contributed by atoms with Gasteiger partial charge in [0.25, 0.3) is 5.91 Å². The lowest BCUT2D eigenvalue weighted by Gasteiger charge is -2.24. The molecule has 0 spiro atoms. The fraction of sp³-hybridized carbons (Fsp3) is 0.455. The molecule has 0 aliphatic heterocycles. The monoisotopic (exact) mass is 240 g/mol. The minimum absolute atomic E-state index is 0.0734. The van der Waals surface area contributed by atoms with Crippen LogP contribution in [0.1, 0.15) is 17.4 Å². The number of amides is 1. The summed E-state index contributed by atoms with van der Waals surface area (Å²) in [6.45, 7) is 1.97. The predicted octanol–water partition coefficient (Wildman–Crippen LogP) is 1.61. The molecule has 0 saturated carbocycles. The van der Waals surface area contributed by atoms with Gasteiger partial charge in [-0.15, -0.1) is 0 Å². The molecule has 1 N–H and O–H groups in total. The van der Waals surface area contributed by atoms with Gasteiger partial charge in [0, 0.05) is 25.0 Å². The van der Waals surface area contributed by atoms with Crippen molar-refractivity contribution in [1.82, 2.24) is 9.88 Å². The summed E-state index contributed by atoms with van der Waals surface area (Å²) >= 11 is 1.68. The van der Waals surface area contributed by atoms with E-state index < -0.39 is 0 Å². The molecule has 4 nitrogen and oxygen atoms in total. The smallest absolute Gasteiger partial charge is 0.276 e. The Morgan fingerprint density at radius 3 is 2.94 bits per heavy atom. The minimum atomic E-state index is -0.250. The van der Waals surface area contributed by atoms with Crippen LogP contribution < -0.4 is 0 Å². The number of aromatic nitrogens is 1. The first-order valence-corrected chi connectivity index (χ1v) is 6.37. The third-order valence-electron chi connectivity index (χ3n) is 2.38. The van der Waals surface area contributed by atoms with E-state index in [1.165, 1.54) is 12.3 Å². The van der Waals surface area contributed by atoms with Gasteiger partial charge < -0.3 is 10.0 Å². The number of aromatic hydroxyl groups is 1. The fourth-order valence-electron chi connectivity index (χ4n) is 1.28. The molecule has 1 aromatic rings. The largest absolute Gasteiger partial charge is 0.505 e. The number of carbonyl (C=O) groups is 1. The van der Waals surface area contributed by atoms with E-state index in [9.17, 15) is 9.90 Å². The van der Waals surface area contributed by atoms with Crippen molar-refractivity contribution >= 4 is 17.7 Å². The number of thioether (sulfide) groups is 1. The topological polar surface area (TPSA) is 53.4 Å². The zero-order valence-electron chi connectivity index (χ0n) is 9.67. The highest BCUT2D eigenvalue weighted by atomic mass is 32.2. The van der Waals surface area contributed by atoms with E-state index >= 15 is 0 Å². The Kier molecular flexibility index (Phi) is 4.61. The average molecular weight is 240 g/mol. The molecule has 1 heterocycles. The molecule has 0 bridgehead atoms. The van der Waals surface area contributed by atoms with E-state index in [0.29, 0.717) is 0 Å². The van der Waals surface area contributed by atoms with Crippen molar-refractivity contribution in [3.05, 3.63) is 24.0 Å². The first kappa shape index (κ1) is 12.8. The molecule has 0 saturated heterocycles. The van der Waals surface area contributed by atoms with Gasteiger partial charge in [-0.3, -0.25) is 4.79 Å². The quantitative estimate of drug-likeness (QED) is 0.868. The van der Waals surface area contributed by atoms with Crippen molar-refractivity contribution in [2.24, 2.45) is 0 Å². The molecule has 0 aliphatic rings. The summed E-state index contributed by atoms with van der Waals surface area (Å²) in [5.41, 5.74) is 0.109. The van der Waals surface area contributed by atoms with Crippen LogP contribution in [0.3, 0.4) is 0 Å². The maximum Gasteiger partial charge on any atom is 0.276 e. The van der Waals surface area contributed by atoms with Gasteiger partial charge in [0.1, 0.15) is 5.75 Å². The lowest BCUT2D eigenvalue weighted by atomic mass is 10.2. The summed E-state index contributed by atoms with van der Waals surface area (Å²) < 4.78 is 0. The Labute approximate surface area is 99.7 Å². The van der Waals surface area contributed by atoms with Gasteiger partial charge in [-0.1, -0.05) is 0 Å². The van der Waals surface area contributed by atoms with Crippen LogP contribution in [0, 0.1) is 0 Å². The van der Waals surface area contributed by atoms with Crippen LogP contribution >= 0.6 is 11.8 Å². The number of hydrogen-bond donors (Lipinski definition) is 1. The predicted molar refractivity (Wildman–Crippen MR) is 65.8 cm³/mol. The lowest BCUT2D eigenvalue weighted by molar-refractivity contribution is 0.0748. The van der Waals surface area contributed by atoms with Gasteiger partial charge >= 0.3 is 0 Å². The number of hydrogen-bond acceptors (Lipinski definition) is 4. The second kappa shape index (κ2) is 5.75. The zero-order valence-corrected chi connectivity index (χ0v) is 10.5. The summed E-state index contributed by atoms with van der Waals surface area (Å²) in [5.74, 6) is 0.533. The Bertz CT molecular complexity index is 371. The lowest BCUT2D eigenvalue weighted by Crippen LogP contribution is -2.37. The molecule has 0 aromatic carbocycles. The maximum absolute atomic E-state index is 12.0. The molecule has 16 heavy (non-hydrogen) atoms. The number of pyridine rings is 1. The van der Waals surface area contributed by atoms with Gasteiger partial charge in [0.2, 0.25) is 0 Å². The van der Waals surface area contributed by atoms with Crippen LogP contribution in [0.15, 0.2) is 18.3 Å². The van der Waals surface area contributed by atoms with Crippen LogP contribution in [0.5, 0.6) is 5.75 Å². The van der Waals surface area contributed by atoms with Crippen molar-refractivity contribution in [1.29, 1.82) is 0 Å². The molecule has 5 heteroatoms. The Hall–Kier alpha value is -1.23. The molecular weight excluding hydrogens is 224 g/mol. The molecule has 1 aromatic heterocycles. The van der Waals surface area contributed by atoms with Crippen LogP contribution in [0.2, 0.25) is 0 Å². The van der Waals surface area contributed by atoms with Gasteiger partial charge in [-0.2, -0.15) is 11.8 Å². The Morgan fingerprint density at radius 1 is 1.69 bits per heavy atom. The van der Waals surface area contributed by atoms with E-state index in [1.54, 1.807) is 29.8 Å². The SMILES string of the molecule is CSCC(C)N(C)C(=O)c1ncccc1O. The van der Waals surface area contributed by atoms with Gasteiger partial charge in [0.15, 0.2) is 5.69 Å². The first-order chi connectivity index (χ1) is 7.57. The number of rotatable bonds is 4. The third-order valence-corrected chi connectivity index (χ3v) is 3.19. The van der Waals surface area contributed by atoms with Crippen molar-refractivity contribution < 1.29 is 9.90 Å². The standard InChI is InChI=1S/C11H16N2O2S/c1-8(7-16-3)13(2)11(15)10-9(14)5-4-6-12-10/h4-6,8,14H,7H2,1-3H3. The van der Waals surface area contributed by atoms with E-state index in [1.807, 2.05) is 13.2 Å². The second-order valence-electron chi connectivity index (χ2n) is 3.59. The van der Waals surface area contributed by atoms with Crippen molar-refractivity contribution in [3.8, 4) is 5.75 Å². The summed E-state index contributed by atoms with van der Waals surface area (Å²) in [4.78, 5) is 17.5. The normalized spacial score (nSPS) is 12.2. The summed E-state index contributed by atoms with van der Waals surface area (Å²) in [7, 11) is 1.72. The molecule has 0 aliphatic carbocycles. The average Bonchev–Trinajstić information content (AvgIpc) is 2.28. The van der Waals surface area contributed by atoms with E-state index in [0.717, 1.165) is 5.75 Å². The summed E-state index contributed by atoms with van der Waals surface area (Å²) in [6, 6.07) is 3.17. The van der Waals surface area contributed by atoms with Crippen molar-refractivity contribution in [2.45, 2.75) is 13.0 Å². The molecular formula is C11H16N2O2S. The molecule has 0 fully saturated rings. The van der Waals surface area contributed by atoms with Crippen LogP contribution in [-0.4, -0.2) is 46.0 Å². The fourth-order valence-corrected chi connectivity index (χ4v) is 1.99.